The van der Waals surface area contributed by atoms with E-state index in [1.807, 2.05) is 0 Å². The first-order chi connectivity index (χ1) is 7.15. The number of Topliss-reactive ketones (excluding diaryl/α,β-unsaturated/α-hetero) is 1. The standard InChI is InChI=1S/C14H22O/c1-4-5-9-14(15)12(3)13-8-6-7-11(2)10-13/h4,11,13H,1,3,5-10H2,2H3. The summed E-state index contributed by atoms with van der Waals surface area (Å²) in [5.74, 6) is 1.45. The van der Waals surface area contributed by atoms with E-state index in [2.05, 4.69) is 20.1 Å². The van der Waals surface area contributed by atoms with Crippen molar-refractivity contribution in [1.29, 1.82) is 0 Å². The van der Waals surface area contributed by atoms with Crippen LogP contribution in [0, 0.1) is 11.8 Å². The minimum absolute atomic E-state index is 0.244. The maximum Gasteiger partial charge on any atom is 0.158 e. The van der Waals surface area contributed by atoms with Gasteiger partial charge in [0.1, 0.15) is 0 Å². The zero-order valence-electron chi connectivity index (χ0n) is 9.80. The Balaban J connectivity index is 2.44. The molecule has 0 aromatic heterocycles. The largest absolute Gasteiger partial charge is 0.295 e. The molecule has 0 heterocycles. The highest BCUT2D eigenvalue weighted by atomic mass is 16.1. The zero-order chi connectivity index (χ0) is 11.3. The predicted octanol–water partition coefficient (Wildman–Crippen LogP) is 3.90. The molecule has 1 heteroatoms. The third kappa shape index (κ3) is 3.65. The topological polar surface area (TPSA) is 17.1 Å². The fourth-order valence-corrected chi connectivity index (χ4v) is 2.37. The molecule has 84 valence electrons. The molecule has 15 heavy (non-hydrogen) atoms. The highest BCUT2D eigenvalue weighted by Gasteiger charge is 2.24. The lowest BCUT2D eigenvalue weighted by Gasteiger charge is -2.27. The maximum atomic E-state index is 11.8. The van der Waals surface area contributed by atoms with Crippen molar-refractivity contribution in [3.8, 4) is 0 Å². The quantitative estimate of drug-likeness (QED) is 0.492. The molecular weight excluding hydrogens is 184 g/mol. The van der Waals surface area contributed by atoms with E-state index in [4.69, 9.17) is 0 Å². The fourth-order valence-electron chi connectivity index (χ4n) is 2.37. The van der Waals surface area contributed by atoms with Crippen molar-refractivity contribution in [1.82, 2.24) is 0 Å². The molecule has 0 N–H and O–H groups in total. The molecule has 1 rings (SSSR count). The van der Waals surface area contributed by atoms with Gasteiger partial charge in [0, 0.05) is 6.42 Å². The van der Waals surface area contributed by atoms with Gasteiger partial charge in [0.25, 0.3) is 0 Å². The molecule has 0 aromatic rings. The van der Waals surface area contributed by atoms with Crippen LogP contribution < -0.4 is 0 Å². The van der Waals surface area contributed by atoms with E-state index in [0.29, 0.717) is 12.3 Å². The van der Waals surface area contributed by atoms with Crippen LogP contribution in [0.4, 0.5) is 0 Å². The maximum absolute atomic E-state index is 11.8. The van der Waals surface area contributed by atoms with E-state index in [0.717, 1.165) is 30.8 Å². The van der Waals surface area contributed by atoms with Gasteiger partial charge in [0.05, 0.1) is 0 Å². The van der Waals surface area contributed by atoms with Crippen LogP contribution in [0.3, 0.4) is 0 Å². The summed E-state index contributed by atoms with van der Waals surface area (Å²) in [6.45, 7) is 9.89. The minimum Gasteiger partial charge on any atom is -0.295 e. The number of hydrogen-bond acceptors (Lipinski definition) is 1. The highest BCUT2D eigenvalue weighted by molar-refractivity contribution is 5.95. The van der Waals surface area contributed by atoms with E-state index in [9.17, 15) is 4.79 Å². The highest BCUT2D eigenvalue weighted by Crippen LogP contribution is 2.33. The van der Waals surface area contributed by atoms with Gasteiger partial charge in [0.2, 0.25) is 0 Å². The summed E-state index contributed by atoms with van der Waals surface area (Å²) in [7, 11) is 0. The summed E-state index contributed by atoms with van der Waals surface area (Å²) in [5, 5.41) is 0. The number of allylic oxidation sites excluding steroid dienone is 2. The summed E-state index contributed by atoms with van der Waals surface area (Å²) >= 11 is 0. The minimum atomic E-state index is 0.244. The van der Waals surface area contributed by atoms with Gasteiger partial charge in [-0.1, -0.05) is 32.4 Å². The van der Waals surface area contributed by atoms with E-state index >= 15 is 0 Å². The molecule has 0 aromatic carbocycles. The average Bonchev–Trinajstić information content (AvgIpc) is 2.24. The first-order valence-corrected chi connectivity index (χ1v) is 5.98. The molecule has 0 aliphatic heterocycles. The summed E-state index contributed by atoms with van der Waals surface area (Å²) in [6, 6.07) is 0. The molecule has 0 amide bonds. The summed E-state index contributed by atoms with van der Waals surface area (Å²) in [5.41, 5.74) is 0.864. The van der Waals surface area contributed by atoms with Crippen LogP contribution in [0.2, 0.25) is 0 Å². The van der Waals surface area contributed by atoms with Crippen molar-refractivity contribution in [2.24, 2.45) is 11.8 Å². The van der Waals surface area contributed by atoms with Gasteiger partial charge in [-0.15, -0.1) is 6.58 Å². The molecule has 2 unspecified atom stereocenters. The Hall–Kier alpha value is -0.850. The Morgan fingerprint density at radius 1 is 1.47 bits per heavy atom. The Morgan fingerprint density at radius 3 is 2.80 bits per heavy atom. The van der Waals surface area contributed by atoms with Crippen LogP contribution in [0.15, 0.2) is 24.8 Å². The van der Waals surface area contributed by atoms with Gasteiger partial charge in [-0.3, -0.25) is 4.79 Å². The lowest BCUT2D eigenvalue weighted by Crippen LogP contribution is -2.19. The molecule has 0 bridgehead atoms. The average molecular weight is 206 g/mol. The third-order valence-electron chi connectivity index (χ3n) is 3.36. The van der Waals surface area contributed by atoms with Crippen LogP contribution >= 0.6 is 0 Å². The van der Waals surface area contributed by atoms with Gasteiger partial charge in [-0.05, 0) is 36.7 Å². The number of rotatable bonds is 5. The van der Waals surface area contributed by atoms with Crippen molar-refractivity contribution in [3.05, 3.63) is 24.8 Å². The van der Waals surface area contributed by atoms with Gasteiger partial charge < -0.3 is 0 Å². The van der Waals surface area contributed by atoms with Crippen LogP contribution in [-0.4, -0.2) is 5.78 Å². The second-order valence-electron chi connectivity index (χ2n) is 4.74. The van der Waals surface area contributed by atoms with Gasteiger partial charge in [-0.2, -0.15) is 0 Å². The molecule has 0 radical (unpaired) electrons. The molecule has 0 saturated heterocycles. The summed E-state index contributed by atoms with van der Waals surface area (Å²) in [6.07, 6.45) is 8.04. The second-order valence-corrected chi connectivity index (χ2v) is 4.74. The van der Waals surface area contributed by atoms with E-state index in [1.165, 1.54) is 12.8 Å². The van der Waals surface area contributed by atoms with Crippen molar-refractivity contribution < 1.29 is 4.79 Å². The SMILES string of the molecule is C=CCCC(=O)C(=C)C1CCCC(C)C1. The fraction of sp³-hybridized carbons (Fsp3) is 0.643. The van der Waals surface area contributed by atoms with E-state index in [1.54, 1.807) is 6.08 Å². The Bertz CT molecular complexity index is 252. The normalized spacial score (nSPS) is 25.9. The van der Waals surface area contributed by atoms with Crippen molar-refractivity contribution >= 4 is 5.78 Å². The van der Waals surface area contributed by atoms with Crippen LogP contribution in [0.1, 0.15) is 45.4 Å². The Labute approximate surface area is 93.3 Å². The Kier molecular flexibility index (Phi) is 4.80. The molecule has 0 spiro atoms. The predicted molar refractivity (Wildman–Crippen MR) is 64.7 cm³/mol. The van der Waals surface area contributed by atoms with E-state index in [-0.39, 0.29) is 5.78 Å². The first-order valence-electron chi connectivity index (χ1n) is 5.98. The number of ketones is 1. The molecule has 1 aliphatic carbocycles. The molecular formula is C14H22O. The van der Waals surface area contributed by atoms with Gasteiger partial charge in [-0.25, -0.2) is 0 Å². The zero-order valence-corrected chi connectivity index (χ0v) is 9.80. The third-order valence-corrected chi connectivity index (χ3v) is 3.36. The monoisotopic (exact) mass is 206 g/mol. The number of carbonyl (C=O) groups excluding carboxylic acids is 1. The smallest absolute Gasteiger partial charge is 0.158 e. The molecule has 1 fully saturated rings. The first kappa shape index (κ1) is 12.2. The second kappa shape index (κ2) is 5.89. The summed E-state index contributed by atoms with van der Waals surface area (Å²) in [4.78, 5) is 11.8. The van der Waals surface area contributed by atoms with Gasteiger partial charge >= 0.3 is 0 Å². The number of carbonyl (C=O) groups is 1. The molecule has 2 atom stereocenters. The lowest BCUT2D eigenvalue weighted by atomic mass is 9.77. The van der Waals surface area contributed by atoms with E-state index < -0.39 is 0 Å². The van der Waals surface area contributed by atoms with Gasteiger partial charge in [0.15, 0.2) is 5.78 Å². The molecule has 1 aliphatic rings. The van der Waals surface area contributed by atoms with Crippen molar-refractivity contribution in [3.63, 3.8) is 0 Å². The number of hydrogen-bond donors (Lipinski definition) is 0. The summed E-state index contributed by atoms with van der Waals surface area (Å²) < 4.78 is 0. The molecule has 1 nitrogen and oxygen atoms in total. The van der Waals surface area contributed by atoms with Crippen molar-refractivity contribution in [2.75, 3.05) is 0 Å². The Morgan fingerprint density at radius 2 is 2.20 bits per heavy atom. The molecule has 1 saturated carbocycles. The van der Waals surface area contributed by atoms with Crippen LogP contribution in [0.25, 0.3) is 0 Å². The lowest BCUT2D eigenvalue weighted by molar-refractivity contribution is -0.116. The van der Waals surface area contributed by atoms with Crippen molar-refractivity contribution in [2.45, 2.75) is 45.4 Å². The van der Waals surface area contributed by atoms with Crippen LogP contribution in [-0.2, 0) is 4.79 Å². The van der Waals surface area contributed by atoms with Crippen LogP contribution in [0.5, 0.6) is 0 Å².